The predicted molar refractivity (Wildman–Crippen MR) is 120 cm³/mol. The lowest BCUT2D eigenvalue weighted by Crippen LogP contribution is -2.56. The first-order chi connectivity index (χ1) is 16.1. The number of ether oxygens (including phenoxy) is 1. The molecule has 2 N–H and O–H groups in total. The summed E-state index contributed by atoms with van der Waals surface area (Å²) >= 11 is 0. The summed E-state index contributed by atoms with van der Waals surface area (Å²) < 4.78 is 20.0. The second-order valence-corrected chi connectivity index (χ2v) is 8.51. The highest BCUT2D eigenvalue weighted by atomic mass is 19.1. The lowest BCUT2D eigenvalue weighted by Gasteiger charge is -2.48. The number of carbonyl (C=O) groups is 2. The molecule has 2 aliphatic rings. The summed E-state index contributed by atoms with van der Waals surface area (Å²) in [4.78, 5) is 37.9. The van der Waals surface area contributed by atoms with E-state index in [-0.39, 0.29) is 57.4 Å². The van der Waals surface area contributed by atoms with Crippen molar-refractivity contribution < 1.29 is 28.6 Å². The number of hydrogen-bond acceptors (Lipinski definition) is 7. The van der Waals surface area contributed by atoms with Crippen molar-refractivity contribution in [2.45, 2.75) is 19.6 Å². The van der Waals surface area contributed by atoms with E-state index in [1.807, 2.05) is 0 Å². The number of hydroxylamine groups is 3. The maximum Gasteiger partial charge on any atom is 0.414 e. The minimum atomic E-state index is -0.643. The van der Waals surface area contributed by atoms with Gasteiger partial charge in [-0.05, 0) is 24.3 Å². The van der Waals surface area contributed by atoms with Crippen molar-refractivity contribution in [2.75, 3.05) is 49.1 Å². The Labute approximate surface area is 194 Å². The third kappa shape index (κ3) is 4.97. The molecule has 2 fully saturated rings. The predicted octanol–water partition coefficient (Wildman–Crippen LogP) is 1.02. The van der Waals surface area contributed by atoms with Crippen LogP contribution >= 0.6 is 0 Å². The van der Waals surface area contributed by atoms with Gasteiger partial charge in [-0.1, -0.05) is 6.07 Å². The van der Waals surface area contributed by atoms with Crippen LogP contribution in [0.1, 0.15) is 12.6 Å². The van der Waals surface area contributed by atoms with Crippen LogP contribution in [0.25, 0.3) is 0 Å². The summed E-state index contributed by atoms with van der Waals surface area (Å²) in [5.41, 5.74) is 0.276. The molecular formula is C22H26FN5O6. The van der Waals surface area contributed by atoms with Gasteiger partial charge in [-0.25, -0.2) is 9.18 Å². The number of benzene rings is 1. The zero-order valence-corrected chi connectivity index (χ0v) is 18.6. The lowest BCUT2D eigenvalue weighted by molar-refractivity contribution is -0.895. The van der Waals surface area contributed by atoms with Crippen LogP contribution in [-0.4, -0.2) is 72.0 Å². The number of aromatic nitrogens is 1. The first-order valence-electron chi connectivity index (χ1n) is 10.9. The van der Waals surface area contributed by atoms with Crippen LogP contribution in [0.2, 0.25) is 0 Å². The van der Waals surface area contributed by atoms with E-state index in [1.54, 1.807) is 17.0 Å². The molecule has 12 heteroatoms. The highest BCUT2D eigenvalue weighted by molar-refractivity contribution is 5.90. The van der Waals surface area contributed by atoms with Gasteiger partial charge in [0.2, 0.25) is 5.91 Å². The molecule has 3 heterocycles. The van der Waals surface area contributed by atoms with Gasteiger partial charge >= 0.3 is 6.09 Å². The minimum absolute atomic E-state index is 0.0709. The number of halogens is 1. The Balaban J connectivity index is 1.39. The molecule has 182 valence electrons. The Morgan fingerprint density at radius 1 is 1.26 bits per heavy atom. The third-order valence-corrected chi connectivity index (χ3v) is 6.05. The topological polar surface area (TPSA) is 127 Å². The summed E-state index contributed by atoms with van der Waals surface area (Å²) in [7, 11) is 0. The van der Waals surface area contributed by atoms with Crippen molar-refractivity contribution in [3.8, 4) is 0 Å². The number of anilines is 2. The van der Waals surface area contributed by atoms with Crippen molar-refractivity contribution in [2.24, 2.45) is 0 Å². The number of quaternary nitrogens is 1. The number of piperazine rings is 1. The summed E-state index contributed by atoms with van der Waals surface area (Å²) in [6.07, 6.45) is -1.14. The number of amides is 2. The van der Waals surface area contributed by atoms with E-state index in [0.717, 1.165) is 0 Å². The molecule has 11 nitrogen and oxygen atoms in total. The van der Waals surface area contributed by atoms with Crippen molar-refractivity contribution >= 4 is 23.4 Å². The number of hydrogen-bond donors (Lipinski definition) is 2. The molecule has 34 heavy (non-hydrogen) atoms. The van der Waals surface area contributed by atoms with Crippen LogP contribution in [0.15, 0.2) is 41.2 Å². The number of cyclic esters (lactones) is 1. The lowest BCUT2D eigenvalue weighted by atomic mass is 10.2. The molecule has 2 aliphatic heterocycles. The maximum atomic E-state index is 15.0. The Kier molecular flexibility index (Phi) is 6.44. The molecule has 0 saturated carbocycles. The molecule has 0 spiro atoms. The van der Waals surface area contributed by atoms with Crippen molar-refractivity contribution in [3.63, 3.8) is 0 Å². The molecule has 1 atom stereocenters. The molecule has 2 amide bonds. The number of carbonyl (C=O) groups excluding carboxylic acids is 2. The fourth-order valence-electron chi connectivity index (χ4n) is 4.18. The Hall–Kier alpha value is -3.64. The molecule has 1 aromatic carbocycles. The molecule has 1 unspecified atom stereocenters. The molecule has 4 rings (SSSR count). The van der Waals surface area contributed by atoms with Crippen molar-refractivity contribution in [1.82, 2.24) is 10.0 Å². The van der Waals surface area contributed by atoms with Gasteiger partial charge in [-0.3, -0.25) is 14.5 Å². The van der Waals surface area contributed by atoms with Gasteiger partial charge in [0.25, 0.3) is 5.56 Å². The van der Waals surface area contributed by atoms with Crippen LogP contribution in [0, 0.1) is 11.0 Å². The van der Waals surface area contributed by atoms with Crippen LogP contribution in [0.5, 0.6) is 0 Å². The first kappa shape index (κ1) is 23.5. The number of pyridine rings is 1. The summed E-state index contributed by atoms with van der Waals surface area (Å²) in [6.45, 7) is 2.52. The quantitative estimate of drug-likeness (QED) is 0.363. The second-order valence-electron chi connectivity index (χ2n) is 8.51. The van der Waals surface area contributed by atoms with Gasteiger partial charge < -0.3 is 30.0 Å². The van der Waals surface area contributed by atoms with Crippen LogP contribution in [0.3, 0.4) is 0 Å². The molecule has 0 bridgehead atoms. The zero-order valence-electron chi connectivity index (χ0n) is 18.6. The van der Waals surface area contributed by atoms with Crippen molar-refractivity contribution in [3.05, 3.63) is 63.5 Å². The van der Waals surface area contributed by atoms with Gasteiger partial charge in [0.05, 0.1) is 50.6 Å². The fourth-order valence-corrected chi connectivity index (χ4v) is 4.18. The Morgan fingerprint density at radius 3 is 2.68 bits per heavy atom. The summed E-state index contributed by atoms with van der Waals surface area (Å²) in [6, 6.07) is 8.64. The fraction of sp³-hybridized carbons (Fsp3) is 0.409. The van der Waals surface area contributed by atoms with Gasteiger partial charge in [0.1, 0.15) is 24.2 Å². The Bertz CT molecular complexity index is 1150. The Morgan fingerprint density at radius 2 is 2.00 bits per heavy atom. The average Bonchev–Trinajstić information content (AvgIpc) is 3.17. The molecular weight excluding hydrogens is 449 g/mol. The van der Waals surface area contributed by atoms with Gasteiger partial charge in [-0.2, -0.15) is 0 Å². The molecule has 2 aromatic rings. The van der Waals surface area contributed by atoms with Crippen LogP contribution in [0.4, 0.5) is 20.6 Å². The van der Waals surface area contributed by atoms with Gasteiger partial charge in [0, 0.05) is 13.0 Å². The smallest absolute Gasteiger partial charge is 0.414 e. The largest absolute Gasteiger partial charge is 0.632 e. The normalized spacial score (nSPS) is 19.7. The number of nitrogens with one attached hydrogen (secondary N) is 1. The highest BCUT2D eigenvalue weighted by Gasteiger charge is 2.33. The van der Waals surface area contributed by atoms with E-state index in [2.05, 4.69) is 5.32 Å². The van der Waals surface area contributed by atoms with E-state index in [1.165, 1.54) is 36.1 Å². The van der Waals surface area contributed by atoms with Gasteiger partial charge in [0.15, 0.2) is 0 Å². The number of rotatable bonds is 6. The average molecular weight is 475 g/mol. The second kappa shape index (κ2) is 9.31. The SMILES string of the molecule is CC(=O)NCC1CN(c2ccc(N3CC[N+]([O-])(Cc4cccc(=O)n4O)CC3)c(F)c2)C(=O)O1. The standard InChI is InChI=1S/C22H26FN5O6/c1-15(29)24-12-18-13-26(22(31)34-18)16-5-6-20(19(23)11-16)25-7-9-28(33,10-8-25)14-17-3-2-4-21(30)27(17)32/h2-6,11,18,32H,7-10,12-14H2,1H3,(H,24,29). The van der Waals surface area contributed by atoms with Crippen molar-refractivity contribution in [1.29, 1.82) is 0 Å². The van der Waals surface area contributed by atoms with Crippen LogP contribution in [-0.2, 0) is 16.1 Å². The number of nitrogens with zero attached hydrogens (tertiary/aromatic N) is 4. The first-order valence-corrected chi connectivity index (χ1v) is 10.9. The highest BCUT2D eigenvalue weighted by Crippen LogP contribution is 2.29. The molecule has 0 radical (unpaired) electrons. The summed E-state index contributed by atoms with van der Waals surface area (Å²) in [5, 5.41) is 25.6. The van der Waals surface area contributed by atoms with E-state index >= 15 is 0 Å². The maximum absolute atomic E-state index is 15.0. The van der Waals surface area contributed by atoms with Gasteiger partial charge in [-0.15, -0.1) is 4.73 Å². The monoisotopic (exact) mass is 475 g/mol. The van der Waals surface area contributed by atoms with E-state index in [0.29, 0.717) is 16.1 Å². The molecule has 1 aromatic heterocycles. The summed E-state index contributed by atoms with van der Waals surface area (Å²) in [5.74, 6) is -0.768. The third-order valence-electron chi connectivity index (χ3n) is 6.05. The van der Waals surface area contributed by atoms with E-state index < -0.39 is 28.2 Å². The molecule has 2 saturated heterocycles. The zero-order chi connectivity index (χ0) is 24.5. The van der Waals surface area contributed by atoms with E-state index in [9.17, 15) is 29.2 Å². The molecule has 0 aliphatic carbocycles. The minimum Gasteiger partial charge on any atom is -0.632 e. The van der Waals surface area contributed by atoms with E-state index in [4.69, 9.17) is 4.74 Å². The van der Waals surface area contributed by atoms with Crippen LogP contribution < -0.4 is 20.7 Å².